The van der Waals surface area contributed by atoms with Crippen LogP contribution < -0.4 is 21.1 Å². The minimum Gasteiger partial charge on any atom is -0.466 e. The maximum Gasteiger partial charge on any atom is 0.310 e. The number of benzene rings is 1. The third-order valence-corrected chi connectivity index (χ3v) is 6.06. The van der Waals surface area contributed by atoms with Gasteiger partial charge in [0.25, 0.3) is 5.56 Å². The van der Waals surface area contributed by atoms with E-state index >= 15 is 0 Å². The van der Waals surface area contributed by atoms with Gasteiger partial charge in [0, 0.05) is 19.5 Å². The van der Waals surface area contributed by atoms with E-state index in [9.17, 15) is 19.2 Å². The highest BCUT2D eigenvalue weighted by Crippen LogP contribution is 2.32. The zero-order chi connectivity index (χ0) is 23.5. The zero-order valence-electron chi connectivity index (χ0n) is 18.0. The van der Waals surface area contributed by atoms with Crippen molar-refractivity contribution in [3.8, 4) is 0 Å². The van der Waals surface area contributed by atoms with Crippen molar-refractivity contribution in [1.29, 1.82) is 0 Å². The largest absolute Gasteiger partial charge is 0.466 e. The fourth-order valence-corrected chi connectivity index (χ4v) is 4.32. The number of anilines is 3. The number of H-pyrrole nitrogens is 1. The molecule has 3 N–H and O–H groups in total. The van der Waals surface area contributed by atoms with E-state index in [2.05, 4.69) is 20.6 Å². The number of hydrogen-bond donors (Lipinski definition) is 3. The van der Waals surface area contributed by atoms with Crippen molar-refractivity contribution >= 4 is 46.8 Å². The average molecular weight is 474 g/mol. The van der Waals surface area contributed by atoms with Crippen molar-refractivity contribution in [2.24, 2.45) is 5.92 Å². The van der Waals surface area contributed by atoms with Crippen LogP contribution in [-0.2, 0) is 19.1 Å². The Kier molecular flexibility index (Phi) is 6.64. The minimum absolute atomic E-state index is 0.0440. The second-order valence-electron chi connectivity index (χ2n) is 7.96. The van der Waals surface area contributed by atoms with Gasteiger partial charge in [0.05, 0.1) is 34.7 Å². The SMILES string of the molecule is CCOC(=O)C1CCCN(c2nc3c(c(=O)[nH]2)C(C(=O)Nc2ccccc2Cl)CC(=O)N3)C1. The van der Waals surface area contributed by atoms with Crippen molar-refractivity contribution in [3.63, 3.8) is 0 Å². The summed E-state index contributed by atoms with van der Waals surface area (Å²) in [4.78, 5) is 59.4. The van der Waals surface area contributed by atoms with E-state index in [0.717, 1.165) is 6.42 Å². The van der Waals surface area contributed by atoms with Gasteiger partial charge in [-0.2, -0.15) is 4.98 Å². The van der Waals surface area contributed by atoms with Gasteiger partial charge in [-0.15, -0.1) is 0 Å². The Balaban J connectivity index is 1.60. The highest BCUT2D eigenvalue weighted by Gasteiger charge is 2.36. The first-order chi connectivity index (χ1) is 15.9. The molecule has 2 atom stereocenters. The number of rotatable bonds is 5. The number of piperidine rings is 1. The van der Waals surface area contributed by atoms with E-state index in [4.69, 9.17) is 16.3 Å². The monoisotopic (exact) mass is 473 g/mol. The molecule has 174 valence electrons. The van der Waals surface area contributed by atoms with Gasteiger partial charge in [0.15, 0.2) is 0 Å². The molecule has 10 nitrogen and oxygen atoms in total. The first-order valence-corrected chi connectivity index (χ1v) is 11.2. The fourth-order valence-electron chi connectivity index (χ4n) is 4.14. The Labute approximate surface area is 194 Å². The predicted octanol–water partition coefficient (Wildman–Crippen LogP) is 2.27. The van der Waals surface area contributed by atoms with Gasteiger partial charge >= 0.3 is 5.97 Å². The lowest BCUT2D eigenvalue weighted by molar-refractivity contribution is -0.148. The van der Waals surface area contributed by atoms with E-state index < -0.39 is 23.3 Å². The van der Waals surface area contributed by atoms with Gasteiger partial charge in [0.2, 0.25) is 17.8 Å². The van der Waals surface area contributed by atoms with Gasteiger partial charge in [-0.05, 0) is 31.9 Å². The Hall–Kier alpha value is -3.40. The summed E-state index contributed by atoms with van der Waals surface area (Å²) in [5, 5.41) is 5.63. The van der Waals surface area contributed by atoms with Crippen LogP contribution in [0.15, 0.2) is 29.1 Å². The number of aromatic nitrogens is 2. The number of halogens is 1. The molecule has 2 aliphatic heterocycles. The van der Waals surface area contributed by atoms with Crippen molar-refractivity contribution in [1.82, 2.24) is 9.97 Å². The highest BCUT2D eigenvalue weighted by atomic mass is 35.5. The molecule has 33 heavy (non-hydrogen) atoms. The third-order valence-electron chi connectivity index (χ3n) is 5.73. The van der Waals surface area contributed by atoms with Crippen LogP contribution >= 0.6 is 11.6 Å². The molecule has 0 aliphatic carbocycles. The van der Waals surface area contributed by atoms with Crippen LogP contribution in [-0.4, -0.2) is 47.4 Å². The lowest BCUT2D eigenvalue weighted by Crippen LogP contribution is -2.42. The molecule has 11 heteroatoms. The number of hydrogen-bond acceptors (Lipinski definition) is 7. The summed E-state index contributed by atoms with van der Waals surface area (Å²) in [7, 11) is 0. The summed E-state index contributed by atoms with van der Waals surface area (Å²) in [6, 6.07) is 6.70. The molecule has 0 bridgehead atoms. The van der Waals surface area contributed by atoms with Crippen LogP contribution in [0, 0.1) is 5.92 Å². The lowest BCUT2D eigenvalue weighted by Gasteiger charge is -2.32. The Morgan fingerprint density at radius 3 is 2.85 bits per heavy atom. The fraction of sp³-hybridized carbons (Fsp3) is 0.409. The highest BCUT2D eigenvalue weighted by molar-refractivity contribution is 6.33. The summed E-state index contributed by atoms with van der Waals surface area (Å²) in [6.45, 7) is 2.97. The summed E-state index contributed by atoms with van der Waals surface area (Å²) in [6.07, 6.45) is 1.22. The molecule has 0 saturated carbocycles. The molecular formula is C22H24ClN5O5. The molecular weight excluding hydrogens is 450 g/mol. The molecule has 1 saturated heterocycles. The normalized spacial score (nSPS) is 19.9. The number of nitrogens with one attached hydrogen (secondary N) is 3. The van der Waals surface area contributed by atoms with Gasteiger partial charge in [-0.1, -0.05) is 23.7 Å². The van der Waals surface area contributed by atoms with E-state index in [1.54, 1.807) is 36.1 Å². The number of fused-ring (bicyclic) bond motifs is 1. The van der Waals surface area contributed by atoms with Crippen LogP contribution in [0.3, 0.4) is 0 Å². The van der Waals surface area contributed by atoms with Gasteiger partial charge in [-0.25, -0.2) is 0 Å². The van der Waals surface area contributed by atoms with Crippen LogP contribution in [0.5, 0.6) is 0 Å². The molecule has 1 aromatic heterocycles. The van der Waals surface area contributed by atoms with Crippen LogP contribution in [0.25, 0.3) is 0 Å². The molecule has 1 aromatic carbocycles. The standard InChI is InChI=1S/C22H24ClN5O5/c1-2-33-21(32)12-6-5-9-28(11-12)22-26-18-17(20(31)27-22)13(10-16(29)25-18)19(30)24-15-8-4-3-7-14(15)23/h3-4,7-8,12-13H,2,5-6,9-11H2,1H3,(H,24,30)(H2,25,26,27,29,31). The quantitative estimate of drug-likeness (QED) is 0.567. The number of carbonyl (C=O) groups excluding carboxylic acids is 3. The van der Waals surface area contributed by atoms with Crippen molar-refractivity contribution in [3.05, 3.63) is 45.2 Å². The number of esters is 1. The topological polar surface area (TPSA) is 133 Å². The maximum atomic E-state index is 13.0. The van der Waals surface area contributed by atoms with Crippen molar-refractivity contribution in [2.75, 3.05) is 35.2 Å². The van der Waals surface area contributed by atoms with Crippen LogP contribution in [0.1, 0.15) is 37.7 Å². The van der Waals surface area contributed by atoms with Crippen molar-refractivity contribution in [2.45, 2.75) is 32.1 Å². The predicted molar refractivity (Wildman–Crippen MR) is 122 cm³/mol. The zero-order valence-corrected chi connectivity index (χ0v) is 18.8. The first-order valence-electron chi connectivity index (χ1n) is 10.8. The molecule has 2 aliphatic rings. The average Bonchev–Trinajstić information content (AvgIpc) is 2.80. The van der Waals surface area contributed by atoms with Crippen LogP contribution in [0.4, 0.5) is 17.5 Å². The lowest BCUT2D eigenvalue weighted by atomic mass is 9.92. The smallest absolute Gasteiger partial charge is 0.310 e. The van der Waals surface area contributed by atoms with Crippen molar-refractivity contribution < 1.29 is 19.1 Å². The number of nitrogens with zero attached hydrogens (tertiary/aromatic N) is 2. The number of ether oxygens (including phenoxy) is 1. The van der Waals surface area contributed by atoms with Gasteiger partial charge < -0.3 is 20.3 Å². The molecule has 0 spiro atoms. The van der Waals surface area contributed by atoms with E-state index in [1.165, 1.54) is 0 Å². The molecule has 0 radical (unpaired) electrons. The van der Waals surface area contributed by atoms with E-state index in [-0.39, 0.29) is 35.6 Å². The Bertz CT molecular complexity index is 1150. The second-order valence-corrected chi connectivity index (χ2v) is 8.37. The van der Waals surface area contributed by atoms with Gasteiger partial charge in [0.1, 0.15) is 5.82 Å². The van der Waals surface area contributed by atoms with Crippen LogP contribution in [0.2, 0.25) is 5.02 Å². The molecule has 3 heterocycles. The third kappa shape index (κ3) is 4.85. The van der Waals surface area contributed by atoms with E-state index in [1.807, 2.05) is 0 Å². The number of amides is 2. The summed E-state index contributed by atoms with van der Waals surface area (Å²) in [5.74, 6) is -2.31. The van der Waals surface area contributed by atoms with E-state index in [0.29, 0.717) is 36.8 Å². The molecule has 4 rings (SSSR count). The summed E-state index contributed by atoms with van der Waals surface area (Å²) in [5.41, 5.74) is -0.0505. The molecule has 2 amide bonds. The molecule has 2 aromatic rings. The summed E-state index contributed by atoms with van der Waals surface area (Å²) >= 11 is 6.12. The second kappa shape index (κ2) is 9.62. The maximum absolute atomic E-state index is 13.0. The minimum atomic E-state index is -1.02. The molecule has 1 fully saturated rings. The molecule has 2 unspecified atom stereocenters. The number of carbonyl (C=O) groups is 3. The summed E-state index contributed by atoms with van der Waals surface area (Å²) < 4.78 is 5.12. The number of aromatic amines is 1. The van der Waals surface area contributed by atoms with Gasteiger partial charge in [-0.3, -0.25) is 24.2 Å². The number of para-hydroxylation sites is 1. The first kappa shape index (κ1) is 22.8. The Morgan fingerprint density at radius 1 is 1.30 bits per heavy atom. The Morgan fingerprint density at radius 2 is 2.09 bits per heavy atom.